The van der Waals surface area contributed by atoms with E-state index in [4.69, 9.17) is 0 Å². The summed E-state index contributed by atoms with van der Waals surface area (Å²) < 4.78 is 0. The van der Waals surface area contributed by atoms with Crippen molar-refractivity contribution in [3.63, 3.8) is 0 Å². The second kappa shape index (κ2) is 6.38. The fourth-order valence-electron chi connectivity index (χ4n) is 3.08. The molecule has 18 heavy (non-hydrogen) atoms. The molecule has 1 nitrogen and oxygen atoms in total. The third kappa shape index (κ3) is 3.35. The second-order valence-electron chi connectivity index (χ2n) is 5.93. The van der Waals surface area contributed by atoms with Crippen molar-refractivity contribution in [3.05, 3.63) is 34.9 Å². The summed E-state index contributed by atoms with van der Waals surface area (Å²) >= 11 is 0. The number of hydrogen-bond acceptors (Lipinski definition) is 1. The first-order valence-electron chi connectivity index (χ1n) is 7.47. The van der Waals surface area contributed by atoms with Gasteiger partial charge in [-0.2, -0.15) is 0 Å². The zero-order chi connectivity index (χ0) is 13.0. The van der Waals surface area contributed by atoms with E-state index < -0.39 is 0 Å². The number of benzene rings is 1. The quantitative estimate of drug-likeness (QED) is 0.831. The number of aryl methyl sites for hydroxylation is 1. The molecule has 0 heterocycles. The Morgan fingerprint density at radius 3 is 2.61 bits per heavy atom. The molecule has 0 aromatic heterocycles. The number of rotatable bonds is 4. The fraction of sp³-hybridized carbons (Fsp3) is 0.647. The van der Waals surface area contributed by atoms with Gasteiger partial charge in [-0.3, -0.25) is 0 Å². The smallest absolute Gasteiger partial charge is 0.0210 e. The molecule has 1 N–H and O–H groups in total. The van der Waals surface area contributed by atoms with Gasteiger partial charge in [0.2, 0.25) is 0 Å². The lowest BCUT2D eigenvalue weighted by Crippen LogP contribution is -2.34. The highest BCUT2D eigenvalue weighted by molar-refractivity contribution is 5.32. The van der Waals surface area contributed by atoms with Gasteiger partial charge in [0.25, 0.3) is 0 Å². The lowest BCUT2D eigenvalue weighted by atomic mass is 9.84. The highest BCUT2D eigenvalue weighted by atomic mass is 14.9. The zero-order valence-corrected chi connectivity index (χ0v) is 12.1. The summed E-state index contributed by atoms with van der Waals surface area (Å²) in [6.45, 7) is 7.81. The van der Waals surface area contributed by atoms with E-state index in [1.165, 1.54) is 48.8 Å². The topological polar surface area (TPSA) is 12.0 Å². The second-order valence-corrected chi connectivity index (χ2v) is 5.93. The first-order chi connectivity index (χ1) is 8.68. The molecule has 1 aliphatic carbocycles. The highest BCUT2D eigenvalue weighted by Crippen LogP contribution is 2.26. The summed E-state index contributed by atoms with van der Waals surface area (Å²) in [4.78, 5) is 0. The Kier molecular flexibility index (Phi) is 4.82. The number of nitrogens with one attached hydrogen (secondary N) is 1. The molecule has 1 aromatic rings. The van der Waals surface area contributed by atoms with E-state index in [0.29, 0.717) is 6.04 Å². The Morgan fingerprint density at radius 1 is 1.17 bits per heavy atom. The summed E-state index contributed by atoms with van der Waals surface area (Å²) in [7, 11) is 0. The molecule has 2 rings (SSSR count). The molecule has 0 spiro atoms. The zero-order valence-electron chi connectivity index (χ0n) is 12.1. The average molecular weight is 245 g/mol. The summed E-state index contributed by atoms with van der Waals surface area (Å²) in [6, 6.07) is 7.28. The van der Waals surface area contributed by atoms with Crippen LogP contribution in [-0.2, 0) is 6.54 Å². The molecule has 1 saturated carbocycles. The summed E-state index contributed by atoms with van der Waals surface area (Å²) in [5.74, 6) is 0.892. The van der Waals surface area contributed by atoms with Gasteiger partial charge in [0.15, 0.2) is 0 Å². The molecule has 0 amide bonds. The molecular weight excluding hydrogens is 218 g/mol. The van der Waals surface area contributed by atoms with Crippen LogP contribution in [0.4, 0.5) is 0 Å². The van der Waals surface area contributed by atoms with Gasteiger partial charge in [0.05, 0.1) is 0 Å². The molecule has 0 bridgehead atoms. The average Bonchev–Trinajstić information content (AvgIpc) is 2.41. The van der Waals surface area contributed by atoms with Gasteiger partial charge in [-0.05, 0) is 56.2 Å². The Balaban J connectivity index is 1.88. The van der Waals surface area contributed by atoms with Crippen molar-refractivity contribution in [2.75, 3.05) is 0 Å². The van der Waals surface area contributed by atoms with Crippen LogP contribution in [0.3, 0.4) is 0 Å². The van der Waals surface area contributed by atoms with E-state index >= 15 is 0 Å². The van der Waals surface area contributed by atoms with Crippen molar-refractivity contribution in [3.8, 4) is 0 Å². The standard InChI is InChI=1S/C17H27N/c1-13-8-7-11-17(14(13)2)12-18-15(3)16-9-5-4-6-10-16/h7-8,11,15-16,18H,4-6,9-10,12H2,1-3H3/t15-/m0/s1. The molecule has 1 aromatic carbocycles. The van der Waals surface area contributed by atoms with Gasteiger partial charge in [-0.25, -0.2) is 0 Å². The molecule has 1 heteroatoms. The molecule has 0 saturated heterocycles. The van der Waals surface area contributed by atoms with Crippen LogP contribution in [-0.4, -0.2) is 6.04 Å². The Bertz CT molecular complexity index is 377. The van der Waals surface area contributed by atoms with Gasteiger partial charge in [0.1, 0.15) is 0 Å². The maximum Gasteiger partial charge on any atom is 0.0210 e. The van der Waals surface area contributed by atoms with Crippen molar-refractivity contribution in [1.29, 1.82) is 0 Å². The first-order valence-corrected chi connectivity index (χ1v) is 7.47. The van der Waals surface area contributed by atoms with Crippen molar-refractivity contribution < 1.29 is 0 Å². The maximum absolute atomic E-state index is 3.74. The van der Waals surface area contributed by atoms with Crippen LogP contribution in [0.15, 0.2) is 18.2 Å². The Morgan fingerprint density at radius 2 is 1.89 bits per heavy atom. The normalized spacial score (nSPS) is 18.8. The maximum atomic E-state index is 3.74. The van der Waals surface area contributed by atoms with Crippen LogP contribution in [0.2, 0.25) is 0 Å². The summed E-state index contributed by atoms with van der Waals surface area (Å²) in [5, 5.41) is 3.74. The third-order valence-electron chi connectivity index (χ3n) is 4.69. The lowest BCUT2D eigenvalue weighted by Gasteiger charge is -2.28. The van der Waals surface area contributed by atoms with Gasteiger partial charge in [-0.15, -0.1) is 0 Å². The van der Waals surface area contributed by atoms with E-state index in [2.05, 4.69) is 44.3 Å². The molecular formula is C17H27N. The fourth-order valence-corrected chi connectivity index (χ4v) is 3.08. The third-order valence-corrected chi connectivity index (χ3v) is 4.69. The van der Waals surface area contributed by atoms with Crippen molar-refractivity contribution in [2.45, 2.75) is 65.5 Å². The van der Waals surface area contributed by atoms with Crippen molar-refractivity contribution >= 4 is 0 Å². The van der Waals surface area contributed by atoms with E-state index in [0.717, 1.165) is 12.5 Å². The Hall–Kier alpha value is -0.820. The van der Waals surface area contributed by atoms with Gasteiger partial charge < -0.3 is 5.32 Å². The van der Waals surface area contributed by atoms with E-state index in [-0.39, 0.29) is 0 Å². The minimum atomic E-state index is 0.658. The summed E-state index contributed by atoms with van der Waals surface area (Å²) in [5.41, 5.74) is 4.30. The summed E-state index contributed by atoms with van der Waals surface area (Å²) in [6.07, 6.45) is 7.14. The van der Waals surface area contributed by atoms with E-state index in [1.54, 1.807) is 0 Å². The predicted molar refractivity (Wildman–Crippen MR) is 78.8 cm³/mol. The molecule has 0 aliphatic heterocycles. The van der Waals surface area contributed by atoms with Crippen LogP contribution in [0, 0.1) is 19.8 Å². The molecule has 1 fully saturated rings. The SMILES string of the molecule is Cc1cccc(CN[C@@H](C)C2CCCCC2)c1C. The molecule has 100 valence electrons. The van der Waals surface area contributed by atoms with Crippen LogP contribution in [0.1, 0.15) is 55.7 Å². The van der Waals surface area contributed by atoms with Crippen molar-refractivity contribution in [2.24, 2.45) is 5.92 Å². The Labute approximate surface area is 112 Å². The van der Waals surface area contributed by atoms with Crippen molar-refractivity contribution in [1.82, 2.24) is 5.32 Å². The lowest BCUT2D eigenvalue weighted by molar-refractivity contribution is 0.280. The van der Waals surface area contributed by atoms with Crippen LogP contribution < -0.4 is 5.32 Å². The van der Waals surface area contributed by atoms with Crippen LogP contribution in [0.25, 0.3) is 0 Å². The van der Waals surface area contributed by atoms with Crippen LogP contribution in [0.5, 0.6) is 0 Å². The van der Waals surface area contributed by atoms with E-state index in [1.807, 2.05) is 0 Å². The minimum Gasteiger partial charge on any atom is -0.310 e. The van der Waals surface area contributed by atoms with Gasteiger partial charge >= 0.3 is 0 Å². The van der Waals surface area contributed by atoms with Gasteiger partial charge in [0, 0.05) is 12.6 Å². The predicted octanol–water partition coefficient (Wildman–Crippen LogP) is 4.36. The molecule has 0 radical (unpaired) electrons. The van der Waals surface area contributed by atoms with Gasteiger partial charge in [-0.1, -0.05) is 37.5 Å². The molecule has 1 aliphatic rings. The molecule has 0 unspecified atom stereocenters. The highest BCUT2D eigenvalue weighted by Gasteiger charge is 2.19. The van der Waals surface area contributed by atoms with E-state index in [9.17, 15) is 0 Å². The molecule has 1 atom stereocenters. The van der Waals surface area contributed by atoms with Crippen LogP contribution >= 0.6 is 0 Å². The number of hydrogen-bond donors (Lipinski definition) is 1. The monoisotopic (exact) mass is 245 g/mol. The first kappa shape index (κ1) is 13.6. The largest absolute Gasteiger partial charge is 0.310 e. The minimum absolute atomic E-state index is 0.658.